The van der Waals surface area contributed by atoms with E-state index in [2.05, 4.69) is 23.8 Å². The second kappa shape index (κ2) is 9.96. The van der Waals surface area contributed by atoms with Gasteiger partial charge >= 0.3 is 0 Å². The lowest BCUT2D eigenvalue weighted by Crippen LogP contribution is -2.14. The predicted octanol–water partition coefficient (Wildman–Crippen LogP) is 6.77. The van der Waals surface area contributed by atoms with Gasteiger partial charge in [0.05, 0.1) is 5.56 Å². The van der Waals surface area contributed by atoms with Gasteiger partial charge in [-0.25, -0.2) is 14.4 Å². The fourth-order valence-electron chi connectivity index (χ4n) is 4.20. The molecule has 2 aromatic rings. The van der Waals surface area contributed by atoms with Crippen molar-refractivity contribution in [3.05, 3.63) is 47.5 Å². The van der Waals surface area contributed by atoms with Gasteiger partial charge in [0.15, 0.2) is 5.82 Å². The average molecular weight is 369 g/mol. The molecular formula is C24H33FN2. The molecule has 1 aliphatic carbocycles. The SMILES string of the molecule is CCCCc1cnc(-c2ccc(CC[C@H]3CC[C@H](CC)CC3)cc2F)nc1. The predicted molar refractivity (Wildman–Crippen MR) is 110 cm³/mol. The fourth-order valence-corrected chi connectivity index (χ4v) is 4.20. The van der Waals surface area contributed by atoms with Crippen LogP contribution < -0.4 is 0 Å². The molecule has 1 heterocycles. The second-order valence-corrected chi connectivity index (χ2v) is 8.17. The van der Waals surface area contributed by atoms with Gasteiger partial charge in [0.25, 0.3) is 0 Å². The minimum Gasteiger partial charge on any atom is -0.236 e. The van der Waals surface area contributed by atoms with Crippen LogP contribution in [-0.4, -0.2) is 9.97 Å². The quantitative estimate of drug-likeness (QED) is 0.513. The molecular weight excluding hydrogens is 335 g/mol. The van der Waals surface area contributed by atoms with E-state index in [0.29, 0.717) is 11.4 Å². The molecule has 27 heavy (non-hydrogen) atoms. The third-order valence-electron chi connectivity index (χ3n) is 6.18. The van der Waals surface area contributed by atoms with Gasteiger partial charge < -0.3 is 0 Å². The molecule has 146 valence electrons. The van der Waals surface area contributed by atoms with Crippen molar-refractivity contribution in [1.29, 1.82) is 0 Å². The molecule has 0 radical (unpaired) electrons. The van der Waals surface area contributed by atoms with Gasteiger partial charge in [0.2, 0.25) is 0 Å². The molecule has 0 N–H and O–H groups in total. The Hall–Kier alpha value is -1.77. The summed E-state index contributed by atoms with van der Waals surface area (Å²) in [5.41, 5.74) is 2.72. The standard InChI is InChI=1S/C24H33FN2/c1-3-5-6-21-16-26-24(27-17-21)22-14-13-20(15-23(22)25)12-11-19-9-7-18(4-2)8-10-19/h13-19H,3-12H2,1-2H3/t18-,19-. The molecule has 0 unspecified atom stereocenters. The molecule has 3 heteroatoms. The van der Waals surface area contributed by atoms with Gasteiger partial charge in [-0.3, -0.25) is 0 Å². The number of aromatic nitrogens is 2. The van der Waals surface area contributed by atoms with Crippen molar-refractivity contribution in [3.8, 4) is 11.4 Å². The van der Waals surface area contributed by atoms with E-state index in [1.807, 2.05) is 24.5 Å². The van der Waals surface area contributed by atoms with Gasteiger partial charge in [-0.05, 0) is 60.8 Å². The lowest BCUT2D eigenvalue weighted by molar-refractivity contribution is 0.259. The topological polar surface area (TPSA) is 25.8 Å². The highest BCUT2D eigenvalue weighted by atomic mass is 19.1. The van der Waals surface area contributed by atoms with Gasteiger partial charge in [0.1, 0.15) is 5.82 Å². The summed E-state index contributed by atoms with van der Waals surface area (Å²) in [5, 5.41) is 0. The summed E-state index contributed by atoms with van der Waals surface area (Å²) in [6, 6.07) is 5.57. The number of hydrogen-bond acceptors (Lipinski definition) is 2. The molecule has 1 fully saturated rings. The van der Waals surface area contributed by atoms with Crippen LogP contribution in [0.5, 0.6) is 0 Å². The molecule has 0 bridgehead atoms. The van der Waals surface area contributed by atoms with E-state index < -0.39 is 0 Å². The van der Waals surface area contributed by atoms with Crippen LogP contribution in [0.3, 0.4) is 0 Å². The lowest BCUT2D eigenvalue weighted by Gasteiger charge is -2.27. The first-order chi connectivity index (χ1) is 13.2. The molecule has 0 spiro atoms. The van der Waals surface area contributed by atoms with Crippen molar-refractivity contribution in [2.75, 3.05) is 0 Å². The highest BCUT2D eigenvalue weighted by Gasteiger charge is 2.20. The highest BCUT2D eigenvalue weighted by molar-refractivity contribution is 5.56. The molecule has 0 aliphatic heterocycles. The Morgan fingerprint density at radius 1 is 0.926 bits per heavy atom. The molecule has 0 amide bonds. The fraction of sp³-hybridized carbons (Fsp3) is 0.583. The summed E-state index contributed by atoms with van der Waals surface area (Å²) >= 11 is 0. The first kappa shape index (κ1) is 20.0. The Bertz CT molecular complexity index is 703. The van der Waals surface area contributed by atoms with E-state index in [4.69, 9.17) is 0 Å². The number of halogens is 1. The van der Waals surface area contributed by atoms with Crippen LogP contribution in [0.1, 0.15) is 76.3 Å². The van der Waals surface area contributed by atoms with Crippen molar-refractivity contribution >= 4 is 0 Å². The summed E-state index contributed by atoms with van der Waals surface area (Å²) in [4.78, 5) is 8.75. The zero-order valence-corrected chi connectivity index (χ0v) is 16.9. The van der Waals surface area contributed by atoms with Crippen molar-refractivity contribution in [2.45, 2.75) is 78.1 Å². The number of unbranched alkanes of at least 4 members (excludes halogenated alkanes) is 1. The van der Waals surface area contributed by atoms with E-state index in [-0.39, 0.29) is 5.82 Å². The smallest absolute Gasteiger partial charge is 0.162 e. The normalized spacial score (nSPS) is 20.0. The maximum absolute atomic E-state index is 14.6. The Labute approximate surface area is 163 Å². The average Bonchev–Trinajstić information content (AvgIpc) is 2.71. The maximum Gasteiger partial charge on any atom is 0.162 e. The first-order valence-electron chi connectivity index (χ1n) is 10.8. The van der Waals surface area contributed by atoms with Crippen LogP contribution in [0.15, 0.2) is 30.6 Å². The number of benzene rings is 1. The summed E-state index contributed by atoms with van der Waals surface area (Å²) in [7, 11) is 0. The number of hydrogen-bond donors (Lipinski definition) is 0. The molecule has 0 atom stereocenters. The molecule has 1 aliphatic rings. The van der Waals surface area contributed by atoms with Gasteiger partial charge in [-0.2, -0.15) is 0 Å². The van der Waals surface area contributed by atoms with E-state index in [9.17, 15) is 4.39 Å². The van der Waals surface area contributed by atoms with Crippen LogP contribution in [0.4, 0.5) is 4.39 Å². The van der Waals surface area contributed by atoms with Crippen LogP contribution >= 0.6 is 0 Å². The molecule has 2 nitrogen and oxygen atoms in total. The van der Waals surface area contributed by atoms with Crippen molar-refractivity contribution in [3.63, 3.8) is 0 Å². The third-order valence-corrected chi connectivity index (χ3v) is 6.18. The molecule has 0 saturated heterocycles. The maximum atomic E-state index is 14.6. The highest BCUT2D eigenvalue weighted by Crippen LogP contribution is 2.33. The van der Waals surface area contributed by atoms with Gasteiger partial charge in [0, 0.05) is 12.4 Å². The minimum absolute atomic E-state index is 0.205. The first-order valence-corrected chi connectivity index (χ1v) is 10.8. The van der Waals surface area contributed by atoms with Gasteiger partial charge in [-0.1, -0.05) is 58.4 Å². The van der Waals surface area contributed by atoms with E-state index in [1.54, 1.807) is 6.07 Å². The molecule has 3 rings (SSSR count). The zero-order valence-electron chi connectivity index (χ0n) is 16.9. The van der Waals surface area contributed by atoms with Crippen molar-refractivity contribution in [2.24, 2.45) is 11.8 Å². The summed E-state index contributed by atoms with van der Waals surface area (Å²) < 4.78 is 14.6. The summed E-state index contributed by atoms with van der Waals surface area (Å²) in [6.45, 7) is 4.47. The largest absolute Gasteiger partial charge is 0.236 e. The van der Waals surface area contributed by atoms with E-state index >= 15 is 0 Å². The van der Waals surface area contributed by atoms with Crippen LogP contribution in [0, 0.1) is 17.7 Å². The number of rotatable bonds is 8. The number of aryl methyl sites for hydroxylation is 2. The van der Waals surface area contributed by atoms with Crippen LogP contribution in [0.25, 0.3) is 11.4 Å². The molecule has 1 aromatic heterocycles. The van der Waals surface area contributed by atoms with Crippen molar-refractivity contribution in [1.82, 2.24) is 9.97 Å². The molecule has 1 saturated carbocycles. The van der Waals surface area contributed by atoms with Gasteiger partial charge in [-0.15, -0.1) is 0 Å². The molecule has 1 aromatic carbocycles. The Morgan fingerprint density at radius 3 is 2.26 bits per heavy atom. The number of nitrogens with zero attached hydrogens (tertiary/aromatic N) is 2. The second-order valence-electron chi connectivity index (χ2n) is 8.17. The lowest BCUT2D eigenvalue weighted by atomic mass is 9.78. The zero-order chi connectivity index (χ0) is 19.1. The summed E-state index contributed by atoms with van der Waals surface area (Å²) in [6.07, 6.45) is 15.8. The summed E-state index contributed by atoms with van der Waals surface area (Å²) in [5.74, 6) is 2.03. The van der Waals surface area contributed by atoms with E-state index in [0.717, 1.165) is 48.6 Å². The van der Waals surface area contributed by atoms with E-state index in [1.165, 1.54) is 38.5 Å². The van der Waals surface area contributed by atoms with Crippen molar-refractivity contribution < 1.29 is 4.39 Å². The third kappa shape index (κ3) is 5.60. The van der Waals surface area contributed by atoms with Crippen LogP contribution in [0.2, 0.25) is 0 Å². The monoisotopic (exact) mass is 368 g/mol. The van der Waals surface area contributed by atoms with Crippen LogP contribution in [-0.2, 0) is 12.8 Å². The Balaban J connectivity index is 1.57. The minimum atomic E-state index is -0.205. The Kier molecular flexibility index (Phi) is 7.37. The Morgan fingerprint density at radius 2 is 1.63 bits per heavy atom.